The third kappa shape index (κ3) is 4.66. The van der Waals surface area contributed by atoms with Crippen LogP contribution < -0.4 is 11.1 Å². The van der Waals surface area contributed by atoms with Crippen LogP contribution in [-0.4, -0.2) is 31.1 Å². The summed E-state index contributed by atoms with van der Waals surface area (Å²) < 4.78 is 5.01. The van der Waals surface area contributed by atoms with Crippen molar-refractivity contribution in [2.45, 2.75) is 33.2 Å². The van der Waals surface area contributed by atoms with Gasteiger partial charge in [-0.1, -0.05) is 18.2 Å². The molecule has 5 nitrogen and oxygen atoms in total. The summed E-state index contributed by atoms with van der Waals surface area (Å²) in [6.07, 6.45) is 0.395. The molecule has 0 aliphatic carbocycles. The van der Waals surface area contributed by atoms with E-state index in [1.807, 2.05) is 32.0 Å². The van der Waals surface area contributed by atoms with Gasteiger partial charge in [0.15, 0.2) is 0 Å². The summed E-state index contributed by atoms with van der Waals surface area (Å²) in [5, 5.41) is 2.62. The van der Waals surface area contributed by atoms with E-state index < -0.39 is 11.9 Å². The molecule has 0 saturated carbocycles. The number of ether oxygens (including phenoxy) is 1. The third-order valence-electron chi connectivity index (χ3n) is 3.17. The lowest BCUT2D eigenvalue weighted by Crippen LogP contribution is -2.47. The van der Waals surface area contributed by atoms with Crippen molar-refractivity contribution in [3.63, 3.8) is 0 Å². The summed E-state index contributed by atoms with van der Waals surface area (Å²) in [6, 6.07) is 5.19. The van der Waals surface area contributed by atoms with Crippen LogP contribution in [-0.2, 0) is 20.7 Å². The standard InChI is InChI=1S/C15H22N2O3/c1-4-20-9-14(18)17-13(15(16)19)8-12-10(2)6-5-7-11(12)3/h5-7,13H,4,8-9H2,1-3H3,(H2,16,19)(H,17,18)/t13-/m1/s1. The van der Waals surface area contributed by atoms with E-state index in [1.54, 1.807) is 6.92 Å². The second-order valence-corrected chi connectivity index (χ2v) is 4.73. The number of rotatable bonds is 7. The minimum Gasteiger partial charge on any atom is -0.372 e. The fourth-order valence-corrected chi connectivity index (χ4v) is 2.03. The van der Waals surface area contributed by atoms with E-state index >= 15 is 0 Å². The van der Waals surface area contributed by atoms with E-state index in [-0.39, 0.29) is 12.5 Å². The number of carbonyl (C=O) groups is 2. The molecule has 0 fully saturated rings. The lowest BCUT2D eigenvalue weighted by molar-refractivity contribution is -0.130. The highest BCUT2D eigenvalue weighted by Gasteiger charge is 2.20. The zero-order valence-electron chi connectivity index (χ0n) is 12.2. The molecule has 1 rings (SSSR count). The summed E-state index contributed by atoms with van der Waals surface area (Å²) in [4.78, 5) is 23.1. The monoisotopic (exact) mass is 278 g/mol. The molecule has 0 aromatic heterocycles. The molecule has 1 atom stereocenters. The highest BCUT2D eigenvalue weighted by molar-refractivity contribution is 5.87. The SMILES string of the molecule is CCOCC(=O)N[C@H](Cc1c(C)cccc1C)C(N)=O. The van der Waals surface area contributed by atoms with Gasteiger partial charge >= 0.3 is 0 Å². The van der Waals surface area contributed by atoms with Gasteiger partial charge in [-0.25, -0.2) is 0 Å². The third-order valence-corrected chi connectivity index (χ3v) is 3.17. The van der Waals surface area contributed by atoms with Gasteiger partial charge in [0.25, 0.3) is 0 Å². The molecule has 0 aliphatic heterocycles. The predicted molar refractivity (Wildman–Crippen MR) is 77.2 cm³/mol. The van der Waals surface area contributed by atoms with Crippen LogP contribution in [0.1, 0.15) is 23.6 Å². The van der Waals surface area contributed by atoms with Crippen LogP contribution in [0.3, 0.4) is 0 Å². The Morgan fingerprint density at radius 3 is 2.40 bits per heavy atom. The Kier molecular flexibility index (Phi) is 6.18. The van der Waals surface area contributed by atoms with Crippen molar-refractivity contribution in [1.82, 2.24) is 5.32 Å². The van der Waals surface area contributed by atoms with E-state index in [1.165, 1.54) is 0 Å². The largest absolute Gasteiger partial charge is 0.372 e. The minimum atomic E-state index is -0.720. The highest BCUT2D eigenvalue weighted by Crippen LogP contribution is 2.15. The van der Waals surface area contributed by atoms with Crippen molar-refractivity contribution in [2.75, 3.05) is 13.2 Å². The van der Waals surface area contributed by atoms with Gasteiger partial charge in [-0.3, -0.25) is 9.59 Å². The van der Waals surface area contributed by atoms with E-state index in [2.05, 4.69) is 5.32 Å². The molecule has 0 bridgehead atoms. The van der Waals surface area contributed by atoms with Crippen LogP contribution in [0.5, 0.6) is 0 Å². The summed E-state index contributed by atoms with van der Waals surface area (Å²) in [5.74, 6) is -0.876. The fourth-order valence-electron chi connectivity index (χ4n) is 2.03. The van der Waals surface area contributed by atoms with Gasteiger partial charge in [0, 0.05) is 13.0 Å². The van der Waals surface area contributed by atoms with E-state index in [9.17, 15) is 9.59 Å². The van der Waals surface area contributed by atoms with Gasteiger partial charge in [0.2, 0.25) is 11.8 Å². The quantitative estimate of drug-likeness (QED) is 0.776. The first-order valence-electron chi connectivity index (χ1n) is 6.67. The summed E-state index contributed by atoms with van der Waals surface area (Å²) >= 11 is 0. The summed E-state index contributed by atoms with van der Waals surface area (Å²) in [7, 11) is 0. The van der Waals surface area contributed by atoms with Crippen molar-refractivity contribution in [1.29, 1.82) is 0 Å². The molecule has 5 heteroatoms. The Morgan fingerprint density at radius 1 is 1.30 bits per heavy atom. The number of carbonyl (C=O) groups excluding carboxylic acids is 2. The van der Waals surface area contributed by atoms with Crippen LogP contribution >= 0.6 is 0 Å². The van der Waals surface area contributed by atoms with Crippen molar-refractivity contribution < 1.29 is 14.3 Å². The topological polar surface area (TPSA) is 81.4 Å². The number of nitrogens with one attached hydrogen (secondary N) is 1. The first kappa shape index (κ1) is 16.2. The Morgan fingerprint density at radius 2 is 1.90 bits per heavy atom. The molecule has 1 aromatic rings. The molecule has 2 amide bonds. The number of nitrogens with two attached hydrogens (primary N) is 1. The van der Waals surface area contributed by atoms with E-state index in [0.29, 0.717) is 13.0 Å². The zero-order valence-corrected chi connectivity index (χ0v) is 12.2. The average molecular weight is 278 g/mol. The molecular formula is C15H22N2O3. The first-order valence-corrected chi connectivity index (χ1v) is 6.67. The van der Waals surface area contributed by atoms with Crippen molar-refractivity contribution >= 4 is 11.8 Å². The minimum absolute atomic E-state index is 0.0625. The normalized spacial score (nSPS) is 11.9. The number of primary amides is 1. The molecule has 0 heterocycles. The maximum absolute atomic E-state index is 11.6. The van der Waals surface area contributed by atoms with Crippen LogP contribution in [0.25, 0.3) is 0 Å². The summed E-state index contributed by atoms with van der Waals surface area (Å²) in [5.41, 5.74) is 8.56. The maximum Gasteiger partial charge on any atom is 0.246 e. The highest BCUT2D eigenvalue weighted by atomic mass is 16.5. The number of hydrogen-bond acceptors (Lipinski definition) is 3. The van der Waals surface area contributed by atoms with Gasteiger partial charge in [-0.2, -0.15) is 0 Å². The van der Waals surface area contributed by atoms with Crippen molar-refractivity contribution in [3.8, 4) is 0 Å². The van der Waals surface area contributed by atoms with Crippen LogP contribution in [0.4, 0.5) is 0 Å². The number of amides is 2. The summed E-state index contributed by atoms with van der Waals surface area (Å²) in [6.45, 7) is 6.14. The lowest BCUT2D eigenvalue weighted by Gasteiger charge is -2.18. The molecule has 1 aromatic carbocycles. The predicted octanol–water partition coefficient (Wildman–Crippen LogP) is 0.853. The van der Waals surface area contributed by atoms with Crippen LogP contribution in [0, 0.1) is 13.8 Å². The maximum atomic E-state index is 11.6. The van der Waals surface area contributed by atoms with Gasteiger partial charge < -0.3 is 15.8 Å². The second kappa shape index (κ2) is 7.65. The van der Waals surface area contributed by atoms with Gasteiger partial charge in [-0.05, 0) is 37.5 Å². The second-order valence-electron chi connectivity index (χ2n) is 4.73. The Bertz CT molecular complexity index is 466. The zero-order chi connectivity index (χ0) is 15.1. The fraction of sp³-hybridized carbons (Fsp3) is 0.467. The molecule has 3 N–H and O–H groups in total. The van der Waals surface area contributed by atoms with E-state index in [4.69, 9.17) is 10.5 Å². The molecule has 0 radical (unpaired) electrons. The van der Waals surface area contributed by atoms with E-state index in [0.717, 1.165) is 16.7 Å². The average Bonchev–Trinajstić information content (AvgIpc) is 2.39. The molecule has 110 valence electrons. The molecule has 0 unspecified atom stereocenters. The number of benzene rings is 1. The Balaban J connectivity index is 2.78. The first-order chi connectivity index (χ1) is 9.45. The van der Waals surface area contributed by atoms with Crippen LogP contribution in [0.2, 0.25) is 0 Å². The van der Waals surface area contributed by atoms with Crippen LogP contribution in [0.15, 0.2) is 18.2 Å². The van der Waals surface area contributed by atoms with Crippen molar-refractivity contribution in [2.24, 2.45) is 5.73 Å². The smallest absolute Gasteiger partial charge is 0.246 e. The molecule has 0 spiro atoms. The van der Waals surface area contributed by atoms with Gasteiger partial charge in [0.1, 0.15) is 12.6 Å². The van der Waals surface area contributed by atoms with Gasteiger partial charge in [-0.15, -0.1) is 0 Å². The molecular weight excluding hydrogens is 256 g/mol. The number of aryl methyl sites for hydroxylation is 2. The molecule has 20 heavy (non-hydrogen) atoms. The number of hydrogen-bond donors (Lipinski definition) is 2. The van der Waals surface area contributed by atoms with Gasteiger partial charge in [0.05, 0.1) is 0 Å². The molecule has 0 aliphatic rings. The molecule has 0 saturated heterocycles. The lowest BCUT2D eigenvalue weighted by atomic mass is 9.96. The Hall–Kier alpha value is -1.88. The van der Waals surface area contributed by atoms with Crippen molar-refractivity contribution in [3.05, 3.63) is 34.9 Å². The Labute approximate surface area is 119 Å².